The third-order valence-corrected chi connectivity index (χ3v) is 6.93. The van der Waals surface area contributed by atoms with Crippen LogP contribution in [0.5, 0.6) is 11.5 Å². The molecule has 43 heavy (non-hydrogen) atoms. The lowest BCUT2D eigenvalue weighted by atomic mass is 9.94. The highest BCUT2D eigenvalue weighted by atomic mass is 32.1. The Morgan fingerprint density at radius 3 is 2.40 bits per heavy atom. The van der Waals surface area contributed by atoms with Crippen molar-refractivity contribution in [1.29, 1.82) is 0 Å². The number of alkyl halides is 4. The van der Waals surface area contributed by atoms with Gasteiger partial charge in [0.25, 0.3) is 5.91 Å². The second-order valence-corrected chi connectivity index (χ2v) is 10.2. The third kappa shape index (κ3) is 5.07. The standard InChI is InChI=1S/C29H19F5N4O4S/c1-13-36-25(15-4-6-22-23(10-15)42-29(33,34)41-22)26(40-13)20-9-14(16-7-17(30)11-18(43)8-16)3-5-19(20)21-12-24(37-38(21)2)28(31,32)27(35)39/h3-12,43H,1-2H3,(H2,35,39). The second-order valence-electron chi connectivity index (χ2n) is 9.68. The molecule has 0 aliphatic carbocycles. The fraction of sp³-hybridized carbons (Fsp3) is 0.138. The number of thiol groups is 1. The normalized spacial score (nSPS) is 13.9. The highest BCUT2D eigenvalue weighted by Gasteiger charge is 2.44. The number of amides is 1. The number of hydrogen-bond donors (Lipinski definition) is 2. The molecule has 3 aromatic carbocycles. The first-order valence-corrected chi connectivity index (χ1v) is 12.9. The van der Waals surface area contributed by atoms with E-state index in [1.165, 1.54) is 37.4 Å². The molecule has 2 aromatic heterocycles. The highest BCUT2D eigenvalue weighted by molar-refractivity contribution is 7.80. The lowest BCUT2D eigenvalue weighted by Gasteiger charge is -2.13. The number of oxazole rings is 1. The molecule has 1 aliphatic heterocycles. The minimum absolute atomic E-state index is 0.131. The first kappa shape index (κ1) is 28.3. The number of carbonyl (C=O) groups excluding carboxylic acids is 1. The van der Waals surface area contributed by atoms with E-state index in [4.69, 9.17) is 10.2 Å². The predicted molar refractivity (Wildman–Crippen MR) is 146 cm³/mol. The van der Waals surface area contributed by atoms with Crippen LogP contribution < -0.4 is 15.2 Å². The van der Waals surface area contributed by atoms with E-state index in [1.807, 2.05) is 0 Å². The van der Waals surface area contributed by atoms with Crippen LogP contribution in [0.1, 0.15) is 11.6 Å². The van der Waals surface area contributed by atoms with Crippen molar-refractivity contribution in [3.05, 3.63) is 78.1 Å². The Hall–Kier alpha value is -4.85. The van der Waals surface area contributed by atoms with Gasteiger partial charge in [-0.1, -0.05) is 12.1 Å². The Labute approximate surface area is 245 Å². The fourth-order valence-electron chi connectivity index (χ4n) is 4.78. The van der Waals surface area contributed by atoms with Crippen LogP contribution in [0.3, 0.4) is 0 Å². The van der Waals surface area contributed by atoms with Crippen LogP contribution in [0.2, 0.25) is 0 Å². The van der Waals surface area contributed by atoms with Crippen molar-refractivity contribution in [2.45, 2.75) is 24.0 Å². The van der Waals surface area contributed by atoms with Crippen molar-refractivity contribution in [2.75, 3.05) is 0 Å². The number of benzene rings is 3. The number of halogens is 5. The van der Waals surface area contributed by atoms with Gasteiger partial charge in [-0.15, -0.1) is 21.4 Å². The molecule has 0 saturated carbocycles. The van der Waals surface area contributed by atoms with Gasteiger partial charge in [0.2, 0.25) is 0 Å². The van der Waals surface area contributed by atoms with Crippen LogP contribution in [-0.4, -0.2) is 27.0 Å². The van der Waals surface area contributed by atoms with Gasteiger partial charge in [0.15, 0.2) is 23.1 Å². The summed E-state index contributed by atoms with van der Waals surface area (Å²) in [4.78, 5) is 16.3. The van der Waals surface area contributed by atoms with Crippen LogP contribution in [0.4, 0.5) is 22.0 Å². The Morgan fingerprint density at radius 2 is 1.67 bits per heavy atom. The van der Waals surface area contributed by atoms with Gasteiger partial charge < -0.3 is 19.6 Å². The topological polar surface area (TPSA) is 105 Å². The monoisotopic (exact) mass is 614 g/mol. The summed E-state index contributed by atoms with van der Waals surface area (Å²) >= 11 is 4.25. The molecule has 0 unspecified atom stereocenters. The van der Waals surface area contributed by atoms with Crippen LogP contribution in [-0.2, 0) is 17.8 Å². The molecule has 220 valence electrons. The minimum atomic E-state index is -4.05. The van der Waals surface area contributed by atoms with Gasteiger partial charge in [0.1, 0.15) is 17.2 Å². The van der Waals surface area contributed by atoms with Gasteiger partial charge in [-0.3, -0.25) is 9.48 Å². The Kier molecular flexibility index (Phi) is 6.49. The van der Waals surface area contributed by atoms with Crippen LogP contribution in [0, 0.1) is 12.7 Å². The number of aromatic nitrogens is 3. The van der Waals surface area contributed by atoms with E-state index in [-0.39, 0.29) is 34.5 Å². The van der Waals surface area contributed by atoms with E-state index in [0.717, 1.165) is 10.7 Å². The molecule has 8 nitrogen and oxygen atoms in total. The maximum absolute atomic E-state index is 14.5. The number of hydrogen-bond acceptors (Lipinski definition) is 7. The summed E-state index contributed by atoms with van der Waals surface area (Å²) < 4.78 is 87.0. The molecule has 0 radical (unpaired) electrons. The van der Waals surface area contributed by atoms with Gasteiger partial charge in [0, 0.05) is 35.6 Å². The molecule has 6 rings (SSSR count). The summed E-state index contributed by atoms with van der Waals surface area (Å²) in [6.45, 7) is 1.56. The van der Waals surface area contributed by atoms with Crippen molar-refractivity contribution in [3.63, 3.8) is 0 Å². The number of carbonyl (C=O) groups is 1. The highest BCUT2D eigenvalue weighted by Crippen LogP contribution is 2.46. The van der Waals surface area contributed by atoms with E-state index in [9.17, 15) is 26.7 Å². The Balaban J connectivity index is 1.57. The van der Waals surface area contributed by atoms with Crippen molar-refractivity contribution in [2.24, 2.45) is 12.8 Å². The molecule has 3 heterocycles. The quantitative estimate of drug-likeness (QED) is 0.163. The van der Waals surface area contributed by atoms with E-state index >= 15 is 0 Å². The molecule has 0 atom stereocenters. The predicted octanol–water partition coefficient (Wildman–Crippen LogP) is 6.71. The number of ether oxygens (including phenoxy) is 2. The minimum Gasteiger partial charge on any atom is -0.440 e. The van der Waals surface area contributed by atoms with Crippen LogP contribution >= 0.6 is 12.6 Å². The molecular formula is C29H19F5N4O4S. The molecule has 2 N–H and O–H groups in total. The SMILES string of the molecule is Cc1nc(-c2ccc3c(c2)OC(F)(F)O3)c(-c2cc(-c3cc(F)cc(S)c3)ccc2-c2cc(C(F)(F)C(N)=O)nn2C)o1. The van der Waals surface area contributed by atoms with Crippen LogP contribution in [0.15, 0.2) is 70.0 Å². The summed E-state index contributed by atoms with van der Waals surface area (Å²) in [5.41, 5.74) is 6.28. The van der Waals surface area contributed by atoms with Crippen molar-refractivity contribution in [1.82, 2.24) is 14.8 Å². The number of fused-ring (bicyclic) bond motifs is 1. The smallest absolute Gasteiger partial charge is 0.440 e. The summed E-state index contributed by atoms with van der Waals surface area (Å²) in [5, 5.41) is 3.82. The first-order valence-electron chi connectivity index (χ1n) is 12.5. The van der Waals surface area contributed by atoms with Gasteiger partial charge in [-0.25, -0.2) is 9.37 Å². The van der Waals surface area contributed by atoms with Gasteiger partial charge in [0.05, 0.1) is 5.69 Å². The average molecular weight is 615 g/mol. The van der Waals surface area contributed by atoms with E-state index in [1.54, 1.807) is 31.2 Å². The van der Waals surface area contributed by atoms with Gasteiger partial charge in [-0.2, -0.15) is 13.9 Å². The lowest BCUT2D eigenvalue weighted by Crippen LogP contribution is -2.33. The summed E-state index contributed by atoms with van der Waals surface area (Å²) in [6, 6.07) is 14.1. The van der Waals surface area contributed by atoms with E-state index in [0.29, 0.717) is 32.7 Å². The number of nitrogens with two attached hydrogens (primary N) is 1. The van der Waals surface area contributed by atoms with Crippen molar-refractivity contribution < 1.29 is 40.6 Å². The maximum Gasteiger partial charge on any atom is 0.586 e. The summed E-state index contributed by atoms with van der Waals surface area (Å²) in [5.74, 6) is -6.54. The average Bonchev–Trinajstić information content (AvgIpc) is 3.60. The molecule has 0 spiro atoms. The molecule has 0 bridgehead atoms. The number of primary amides is 1. The molecular weight excluding hydrogens is 595 g/mol. The first-order chi connectivity index (χ1) is 20.2. The lowest BCUT2D eigenvalue weighted by molar-refractivity contribution is -0.286. The van der Waals surface area contributed by atoms with Crippen LogP contribution in [0.25, 0.3) is 45.0 Å². The molecule has 14 heteroatoms. The number of rotatable bonds is 6. The molecule has 1 aliphatic rings. The Bertz CT molecular complexity index is 1920. The van der Waals surface area contributed by atoms with Crippen molar-refractivity contribution in [3.8, 4) is 56.5 Å². The second kappa shape index (κ2) is 9.87. The van der Waals surface area contributed by atoms with Gasteiger partial charge >= 0.3 is 12.2 Å². The molecule has 5 aromatic rings. The molecule has 0 saturated heterocycles. The zero-order chi connectivity index (χ0) is 30.8. The van der Waals surface area contributed by atoms with E-state index < -0.39 is 29.6 Å². The third-order valence-electron chi connectivity index (χ3n) is 6.68. The summed E-state index contributed by atoms with van der Waals surface area (Å²) in [6.07, 6.45) is -3.84. The largest absolute Gasteiger partial charge is 0.586 e. The zero-order valence-electron chi connectivity index (χ0n) is 22.2. The van der Waals surface area contributed by atoms with Crippen molar-refractivity contribution >= 4 is 18.5 Å². The molecule has 1 amide bonds. The maximum atomic E-state index is 14.5. The number of aryl methyl sites for hydroxylation is 2. The Morgan fingerprint density at radius 1 is 0.953 bits per heavy atom. The summed E-state index contributed by atoms with van der Waals surface area (Å²) in [7, 11) is 1.40. The van der Waals surface area contributed by atoms with E-state index in [2.05, 4.69) is 32.2 Å². The fourth-order valence-corrected chi connectivity index (χ4v) is 5.04. The number of nitrogens with zero attached hydrogens (tertiary/aromatic N) is 3. The zero-order valence-corrected chi connectivity index (χ0v) is 23.1. The molecule has 0 fully saturated rings. The van der Waals surface area contributed by atoms with Gasteiger partial charge in [-0.05, 0) is 59.7 Å².